The zero-order valence-corrected chi connectivity index (χ0v) is 12.7. The fraction of sp³-hybridized carbons (Fsp3) is 0.286. The summed E-state index contributed by atoms with van der Waals surface area (Å²) in [6, 6.07) is 6.30. The van der Waals surface area contributed by atoms with Gasteiger partial charge < -0.3 is 10.1 Å². The Morgan fingerprint density at radius 3 is 2.95 bits per heavy atom. The van der Waals surface area contributed by atoms with Gasteiger partial charge in [-0.3, -0.25) is 0 Å². The molecule has 0 unspecified atom stereocenters. The van der Waals surface area contributed by atoms with E-state index in [-0.39, 0.29) is 5.82 Å². The molecule has 0 amide bonds. The van der Waals surface area contributed by atoms with Crippen molar-refractivity contribution in [2.45, 2.75) is 19.9 Å². The van der Waals surface area contributed by atoms with Crippen LogP contribution in [0.15, 0.2) is 35.1 Å². The van der Waals surface area contributed by atoms with Gasteiger partial charge in [0.2, 0.25) is 5.88 Å². The van der Waals surface area contributed by atoms with Gasteiger partial charge in [-0.15, -0.1) is 0 Å². The molecular weight excluding hydrogens is 325 g/mol. The molecule has 2 aromatic rings. The first-order chi connectivity index (χ1) is 9.69. The number of aromatic nitrogens is 2. The van der Waals surface area contributed by atoms with E-state index < -0.39 is 0 Å². The average molecular weight is 340 g/mol. The van der Waals surface area contributed by atoms with E-state index in [4.69, 9.17) is 4.74 Å². The van der Waals surface area contributed by atoms with Crippen molar-refractivity contribution in [2.24, 2.45) is 0 Å². The van der Waals surface area contributed by atoms with Gasteiger partial charge in [-0.05, 0) is 30.2 Å². The monoisotopic (exact) mass is 339 g/mol. The van der Waals surface area contributed by atoms with Crippen molar-refractivity contribution in [1.29, 1.82) is 0 Å². The Labute approximate surface area is 125 Å². The number of hydrogen-bond acceptors (Lipinski definition) is 4. The van der Waals surface area contributed by atoms with E-state index in [0.717, 1.165) is 16.5 Å². The lowest BCUT2D eigenvalue weighted by Crippen LogP contribution is -2.04. The summed E-state index contributed by atoms with van der Waals surface area (Å²) in [6.45, 7) is 3.11. The van der Waals surface area contributed by atoms with Crippen molar-refractivity contribution in [1.82, 2.24) is 9.97 Å². The second kappa shape index (κ2) is 7.19. The third-order valence-electron chi connectivity index (χ3n) is 2.56. The molecule has 20 heavy (non-hydrogen) atoms. The van der Waals surface area contributed by atoms with Crippen molar-refractivity contribution in [3.05, 3.63) is 46.4 Å². The minimum Gasteiger partial charge on any atom is -0.478 e. The first-order valence-electron chi connectivity index (χ1n) is 6.31. The molecule has 0 fully saturated rings. The van der Waals surface area contributed by atoms with Gasteiger partial charge in [0.1, 0.15) is 18.0 Å². The van der Waals surface area contributed by atoms with Crippen LogP contribution in [-0.4, -0.2) is 16.6 Å². The molecule has 0 radical (unpaired) electrons. The van der Waals surface area contributed by atoms with Crippen LogP contribution >= 0.6 is 15.9 Å². The van der Waals surface area contributed by atoms with Gasteiger partial charge in [0, 0.05) is 17.1 Å². The number of nitrogens with one attached hydrogen (secondary N) is 1. The lowest BCUT2D eigenvalue weighted by atomic mass is 10.2. The molecule has 0 bridgehead atoms. The van der Waals surface area contributed by atoms with Crippen LogP contribution < -0.4 is 10.1 Å². The summed E-state index contributed by atoms with van der Waals surface area (Å²) in [7, 11) is 0. The first-order valence-corrected chi connectivity index (χ1v) is 7.11. The van der Waals surface area contributed by atoms with Gasteiger partial charge in [0.15, 0.2) is 0 Å². The molecule has 1 aromatic heterocycles. The second-order valence-electron chi connectivity index (χ2n) is 4.18. The third-order valence-corrected chi connectivity index (χ3v) is 3.34. The van der Waals surface area contributed by atoms with Crippen LogP contribution in [0.4, 0.5) is 10.2 Å². The highest BCUT2D eigenvalue weighted by Gasteiger charge is 2.04. The van der Waals surface area contributed by atoms with Gasteiger partial charge in [-0.2, -0.15) is 0 Å². The van der Waals surface area contributed by atoms with Crippen LogP contribution in [0.3, 0.4) is 0 Å². The summed E-state index contributed by atoms with van der Waals surface area (Å²) in [5, 5.41) is 3.12. The Bertz CT molecular complexity index is 580. The van der Waals surface area contributed by atoms with Gasteiger partial charge in [0.05, 0.1) is 6.61 Å². The Balaban J connectivity index is 2.01. The summed E-state index contributed by atoms with van der Waals surface area (Å²) in [6.07, 6.45) is 2.36. The highest BCUT2D eigenvalue weighted by Crippen LogP contribution is 2.19. The van der Waals surface area contributed by atoms with Gasteiger partial charge in [-0.1, -0.05) is 22.9 Å². The number of anilines is 1. The van der Waals surface area contributed by atoms with E-state index in [9.17, 15) is 4.39 Å². The topological polar surface area (TPSA) is 47.0 Å². The van der Waals surface area contributed by atoms with E-state index in [2.05, 4.69) is 31.2 Å². The van der Waals surface area contributed by atoms with E-state index in [1.165, 1.54) is 18.5 Å². The van der Waals surface area contributed by atoms with Crippen molar-refractivity contribution < 1.29 is 9.13 Å². The normalized spacial score (nSPS) is 10.3. The van der Waals surface area contributed by atoms with Crippen molar-refractivity contribution in [3.63, 3.8) is 0 Å². The van der Waals surface area contributed by atoms with Gasteiger partial charge >= 0.3 is 0 Å². The number of halogens is 2. The molecule has 6 heteroatoms. The van der Waals surface area contributed by atoms with Crippen molar-refractivity contribution in [3.8, 4) is 5.88 Å². The molecule has 0 saturated carbocycles. The van der Waals surface area contributed by atoms with Crippen LogP contribution in [0.25, 0.3) is 0 Å². The predicted molar refractivity (Wildman–Crippen MR) is 79.2 cm³/mol. The van der Waals surface area contributed by atoms with E-state index in [1.54, 1.807) is 12.1 Å². The number of benzene rings is 1. The predicted octanol–water partition coefficient (Wildman–Crippen LogP) is 3.78. The smallest absolute Gasteiger partial charge is 0.218 e. The van der Waals surface area contributed by atoms with Crippen molar-refractivity contribution in [2.75, 3.05) is 11.9 Å². The lowest BCUT2D eigenvalue weighted by molar-refractivity contribution is 0.305. The summed E-state index contributed by atoms with van der Waals surface area (Å²) >= 11 is 3.39. The van der Waals surface area contributed by atoms with Crippen LogP contribution in [-0.2, 0) is 6.54 Å². The average Bonchev–Trinajstić information content (AvgIpc) is 2.46. The Hall–Kier alpha value is -1.69. The maximum absolute atomic E-state index is 13.2. The number of rotatable bonds is 6. The lowest BCUT2D eigenvalue weighted by Gasteiger charge is -2.09. The van der Waals surface area contributed by atoms with E-state index in [0.29, 0.717) is 24.8 Å². The zero-order chi connectivity index (χ0) is 14.4. The van der Waals surface area contributed by atoms with Crippen molar-refractivity contribution >= 4 is 21.7 Å². The maximum Gasteiger partial charge on any atom is 0.218 e. The highest BCUT2D eigenvalue weighted by atomic mass is 79.9. The summed E-state index contributed by atoms with van der Waals surface area (Å²) in [5.74, 6) is 0.907. The molecule has 0 aliphatic carbocycles. The minimum absolute atomic E-state index is 0.264. The molecule has 0 saturated heterocycles. The molecule has 0 spiro atoms. The van der Waals surface area contributed by atoms with Crippen LogP contribution in [0.5, 0.6) is 5.88 Å². The number of ether oxygens (including phenoxy) is 1. The summed E-state index contributed by atoms with van der Waals surface area (Å²) < 4.78 is 19.5. The first kappa shape index (κ1) is 14.7. The van der Waals surface area contributed by atoms with Crippen LogP contribution in [0, 0.1) is 5.82 Å². The molecule has 1 N–H and O–H groups in total. The fourth-order valence-electron chi connectivity index (χ4n) is 1.59. The Kier molecular flexibility index (Phi) is 5.29. The summed E-state index contributed by atoms with van der Waals surface area (Å²) in [4.78, 5) is 8.12. The maximum atomic E-state index is 13.2. The molecule has 4 nitrogen and oxygen atoms in total. The molecular formula is C14H15BrFN3O. The SMILES string of the molecule is CCCOc1cc(NCc2cc(F)ccc2Br)ncn1. The molecule has 1 heterocycles. The second-order valence-corrected chi connectivity index (χ2v) is 5.03. The van der Waals surface area contributed by atoms with E-state index >= 15 is 0 Å². The van der Waals surface area contributed by atoms with Gasteiger partial charge in [-0.25, -0.2) is 14.4 Å². The highest BCUT2D eigenvalue weighted by molar-refractivity contribution is 9.10. The summed E-state index contributed by atoms with van der Waals surface area (Å²) in [5.41, 5.74) is 0.819. The van der Waals surface area contributed by atoms with Crippen LogP contribution in [0.1, 0.15) is 18.9 Å². The van der Waals surface area contributed by atoms with Gasteiger partial charge in [0.25, 0.3) is 0 Å². The number of nitrogens with zero attached hydrogens (tertiary/aromatic N) is 2. The molecule has 1 aromatic carbocycles. The quantitative estimate of drug-likeness (QED) is 0.869. The Morgan fingerprint density at radius 1 is 1.30 bits per heavy atom. The molecule has 0 aliphatic rings. The standard InChI is InChI=1S/C14H15BrFN3O/c1-2-5-20-14-7-13(18-9-19-14)17-8-10-6-11(16)3-4-12(10)15/h3-4,6-7,9H,2,5,8H2,1H3,(H,17,18,19). The molecule has 0 atom stereocenters. The zero-order valence-electron chi connectivity index (χ0n) is 11.1. The van der Waals surface area contributed by atoms with E-state index in [1.807, 2.05) is 6.92 Å². The minimum atomic E-state index is -0.264. The van der Waals surface area contributed by atoms with Crippen LogP contribution in [0.2, 0.25) is 0 Å². The molecule has 2 rings (SSSR count). The number of hydrogen-bond donors (Lipinski definition) is 1. The largest absolute Gasteiger partial charge is 0.478 e. The fourth-order valence-corrected chi connectivity index (χ4v) is 1.97. The third kappa shape index (κ3) is 4.16. The Morgan fingerprint density at radius 2 is 2.15 bits per heavy atom. The molecule has 106 valence electrons. The molecule has 0 aliphatic heterocycles.